The van der Waals surface area contributed by atoms with Gasteiger partial charge in [-0.2, -0.15) is 0 Å². The molecule has 12 heavy (non-hydrogen) atoms. The molecule has 1 aromatic rings. The third-order valence-corrected chi connectivity index (χ3v) is 2.16. The van der Waals surface area contributed by atoms with Gasteiger partial charge in [-0.1, -0.05) is 18.2 Å². The Hall–Kier alpha value is -0.950. The molecule has 1 aliphatic heterocycles. The molecular formula is C10H9ClO. The topological polar surface area (TPSA) is 9.23 Å². The van der Waals surface area contributed by atoms with Gasteiger partial charge in [0.2, 0.25) is 0 Å². The number of halogens is 1. The van der Waals surface area contributed by atoms with E-state index in [-0.39, 0.29) is 0 Å². The predicted octanol–water partition coefficient (Wildman–Crippen LogP) is 2.74. The van der Waals surface area contributed by atoms with E-state index in [2.05, 4.69) is 6.07 Å². The van der Waals surface area contributed by atoms with Crippen LogP contribution in [0.2, 0.25) is 0 Å². The minimum Gasteiger partial charge on any atom is -0.460 e. The Kier molecular flexibility index (Phi) is 2.05. The number of hydrogen-bond donors (Lipinski definition) is 0. The number of para-hydroxylation sites is 1. The van der Waals surface area contributed by atoms with Gasteiger partial charge in [-0.15, -0.1) is 11.6 Å². The van der Waals surface area contributed by atoms with Crippen molar-refractivity contribution < 1.29 is 4.74 Å². The van der Waals surface area contributed by atoms with Crippen molar-refractivity contribution >= 4 is 11.6 Å². The second kappa shape index (κ2) is 3.20. The zero-order valence-corrected chi connectivity index (χ0v) is 7.34. The summed E-state index contributed by atoms with van der Waals surface area (Å²) < 4.78 is 5.51. The molecule has 0 spiro atoms. The number of rotatable bonds is 1. The minimum absolute atomic E-state index is 0.453. The Bertz CT molecular complexity index is 317. The molecule has 1 aromatic carbocycles. The molecule has 1 heterocycles. The van der Waals surface area contributed by atoms with E-state index in [0.717, 1.165) is 17.9 Å². The van der Waals surface area contributed by atoms with Gasteiger partial charge in [0, 0.05) is 0 Å². The van der Waals surface area contributed by atoms with E-state index >= 15 is 0 Å². The normalized spacial score (nSPS) is 14.6. The van der Waals surface area contributed by atoms with Crippen LogP contribution in [0.1, 0.15) is 5.56 Å². The van der Waals surface area contributed by atoms with Gasteiger partial charge in [0.15, 0.2) is 0 Å². The molecule has 0 bridgehead atoms. The van der Waals surface area contributed by atoms with Crippen molar-refractivity contribution in [1.29, 1.82) is 0 Å². The second-order valence-electron chi connectivity index (χ2n) is 2.72. The summed E-state index contributed by atoms with van der Waals surface area (Å²) in [5.74, 6) is 2.25. The summed E-state index contributed by atoms with van der Waals surface area (Å²) in [6.07, 6.45) is 2.95. The van der Waals surface area contributed by atoms with Crippen LogP contribution in [0, 0.1) is 0 Å². The van der Waals surface area contributed by atoms with Crippen molar-refractivity contribution in [3.63, 3.8) is 0 Å². The maximum atomic E-state index is 5.65. The lowest BCUT2D eigenvalue weighted by Crippen LogP contribution is -2.05. The molecule has 2 heteroatoms. The van der Waals surface area contributed by atoms with E-state index in [1.165, 1.54) is 5.56 Å². The quantitative estimate of drug-likeness (QED) is 0.604. The van der Waals surface area contributed by atoms with Gasteiger partial charge in [0.25, 0.3) is 0 Å². The Morgan fingerprint density at radius 2 is 2.17 bits per heavy atom. The molecule has 0 saturated heterocycles. The van der Waals surface area contributed by atoms with Gasteiger partial charge in [-0.3, -0.25) is 0 Å². The van der Waals surface area contributed by atoms with Crippen molar-refractivity contribution in [2.24, 2.45) is 0 Å². The SMILES string of the molecule is ClCC1=CCc2ccccc2O1. The Balaban J connectivity index is 2.31. The maximum absolute atomic E-state index is 5.65. The van der Waals surface area contributed by atoms with Gasteiger partial charge < -0.3 is 4.74 Å². The number of allylic oxidation sites excluding steroid dienone is 2. The monoisotopic (exact) mass is 180 g/mol. The molecule has 0 aliphatic carbocycles. The van der Waals surface area contributed by atoms with Crippen LogP contribution < -0.4 is 4.74 Å². The molecule has 0 aromatic heterocycles. The largest absolute Gasteiger partial charge is 0.460 e. The molecule has 2 rings (SSSR count). The first-order chi connectivity index (χ1) is 5.90. The van der Waals surface area contributed by atoms with E-state index in [4.69, 9.17) is 16.3 Å². The molecule has 0 amide bonds. The summed E-state index contributed by atoms with van der Waals surface area (Å²) in [4.78, 5) is 0. The van der Waals surface area contributed by atoms with Gasteiger partial charge in [-0.25, -0.2) is 0 Å². The number of ether oxygens (including phenoxy) is 1. The van der Waals surface area contributed by atoms with Crippen molar-refractivity contribution in [1.82, 2.24) is 0 Å². The molecule has 0 N–H and O–H groups in total. The van der Waals surface area contributed by atoms with Crippen LogP contribution in [0.4, 0.5) is 0 Å². The average Bonchev–Trinajstić information content (AvgIpc) is 2.17. The van der Waals surface area contributed by atoms with Gasteiger partial charge in [0.05, 0.1) is 5.88 Å². The Labute approximate surface area is 76.6 Å². The van der Waals surface area contributed by atoms with Crippen LogP contribution in [0.5, 0.6) is 5.75 Å². The summed E-state index contributed by atoms with van der Waals surface area (Å²) in [6.45, 7) is 0. The van der Waals surface area contributed by atoms with Crippen molar-refractivity contribution in [3.05, 3.63) is 41.7 Å². The van der Waals surface area contributed by atoms with Gasteiger partial charge >= 0.3 is 0 Å². The Morgan fingerprint density at radius 1 is 1.33 bits per heavy atom. The van der Waals surface area contributed by atoms with Gasteiger partial charge in [-0.05, 0) is 24.1 Å². The molecule has 62 valence electrons. The zero-order chi connectivity index (χ0) is 8.39. The third-order valence-electron chi connectivity index (χ3n) is 1.90. The van der Waals surface area contributed by atoms with E-state index in [1.54, 1.807) is 0 Å². The zero-order valence-electron chi connectivity index (χ0n) is 6.59. The lowest BCUT2D eigenvalue weighted by molar-refractivity contribution is 0.414. The number of fused-ring (bicyclic) bond motifs is 1. The summed E-state index contributed by atoms with van der Waals surface area (Å²) in [5, 5.41) is 0. The summed E-state index contributed by atoms with van der Waals surface area (Å²) in [7, 11) is 0. The molecule has 0 unspecified atom stereocenters. The van der Waals surface area contributed by atoms with Crippen LogP contribution >= 0.6 is 11.6 Å². The molecule has 0 atom stereocenters. The predicted molar refractivity (Wildman–Crippen MR) is 49.6 cm³/mol. The molecular weight excluding hydrogens is 172 g/mol. The number of alkyl halides is 1. The molecule has 1 aliphatic rings. The molecule has 0 saturated carbocycles. The fourth-order valence-electron chi connectivity index (χ4n) is 1.26. The first-order valence-electron chi connectivity index (χ1n) is 3.91. The van der Waals surface area contributed by atoms with E-state index in [9.17, 15) is 0 Å². The lowest BCUT2D eigenvalue weighted by atomic mass is 10.1. The third kappa shape index (κ3) is 1.32. The highest BCUT2D eigenvalue weighted by atomic mass is 35.5. The Morgan fingerprint density at radius 3 is 3.00 bits per heavy atom. The summed E-state index contributed by atoms with van der Waals surface area (Å²) in [5.41, 5.74) is 1.23. The summed E-state index contributed by atoms with van der Waals surface area (Å²) >= 11 is 5.65. The number of benzene rings is 1. The highest BCUT2D eigenvalue weighted by Gasteiger charge is 2.09. The first-order valence-corrected chi connectivity index (χ1v) is 4.44. The number of hydrogen-bond acceptors (Lipinski definition) is 1. The van der Waals surface area contributed by atoms with Crippen LogP contribution in [0.15, 0.2) is 36.1 Å². The molecule has 0 fully saturated rings. The van der Waals surface area contributed by atoms with E-state index in [1.807, 2.05) is 24.3 Å². The molecule has 1 nitrogen and oxygen atoms in total. The van der Waals surface area contributed by atoms with Crippen molar-refractivity contribution in [3.8, 4) is 5.75 Å². The van der Waals surface area contributed by atoms with Crippen LogP contribution in [0.3, 0.4) is 0 Å². The smallest absolute Gasteiger partial charge is 0.130 e. The van der Waals surface area contributed by atoms with E-state index < -0.39 is 0 Å². The fraction of sp³-hybridized carbons (Fsp3) is 0.200. The fourth-order valence-corrected chi connectivity index (χ4v) is 1.42. The highest BCUT2D eigenvalue weighted by molar-refractivity contribution is 6.19. The van der Waals surface area contributed by atoms with Crippen LogP contribution in [-0.2, 0) is 6.42 Å². The molecule has 0 radical (unpaired) electrons. The van der Waals surface area contributed by atoms with E-state index in [0.29, 0.717) is 5.88 Å². The first kappa shape index (κ1) is 7.69. The second-order valence-corrected chi connectivity index (χ2v) is 2.99. The lowest BCUT2D eigenvalue weighted by Gasteiger charge is -2.15. The minimum atomic E-state index is 0.453. The average molecular weight is 181 g/mol. The summed E-state index contributed by atoms with van der Waals surface area (Å²) in [6, 6.07) is 8.02. The van der Waals surface area contributed by atoms with Crippen molar-refractivity contribution in [2.45, 2.75) is 6.42 Å². The van der Waals surface area contributed by atoms with Crippen LogP contribution in [-0.4, -0.2) is 5.88 Å². The maximum Gasteiger partial charge on any atom is 0.130 e. The standard InChI is InChI=1S/C10H9ClO/c11-7-9-6-5-8-3-1-2-4-10(8)12-9/h1-4,6H,5,7H2. The highest BCUT2D eigenvalue weighted by Crippen LogP contribution is 2.25. The van der Waals surface area contributed by atoms with Gasteiger partial charge in [0.1, 0.15) is 11.5 Å². The van der Waals surface area contributed by atoms with Crippen LogP contribution in [0.25, 0.3) is 0 Å². The van der Waals surface area contributed by atoms with Crippen molar-refractivity contribution in [2.75, 3.05) is 5.88 Å².